The van der Waals surface area contributed by atoms with Gasteiger partial charge in [-0.2, -0.15) is 0 Å². The van der Waals surface area contributed by atoms with Crippen molar-refractivity contribution in [1.82, 2.24) is 14.5 Å². The first-order chi connectivity index (χ1) is 34.5. The Morgan fingerprint density at radius 1 is 0.643 bits per heavy atom. The average molecular weight is 1100 g/mol. The molecule has 3 heterocycles. The van der Waals surface area contributed by atoms with E-state index in [1.807, 2.05) is 71.9 Å². The Hall–Kier alpha value is -6.46. The van der Waals surface area contributed by atoms with Gasteiger partial charge in [0.1, 0.15) is 5.58 Å². The number of para-hydroxylation sites is 2. The van der Waals surface area contributed by atoms with Crippen LogP contribution in [0.4, 0.5) is 4.39 Å². The van der Waals surface area contributed by atoms with Gasteiger partial charge < -0.3 is 14.0 Å². The van der Waals surface area contributed by atoms with Gasteiger partial charge in [0, 0.05) is 48.7 Å². The van der Waals surface area contributed by atoms with Crippen LogP contribution in [0, 0.1) is 28.8 Å². The Balaban J connectivity index is 0.000000292. The largest absolute Gasteiger partial charge is 0.501 e. The zero-order chi connectivity index (χ0) is 52.2. The molecule has 0 saturated heterocycles. The molecular formula is C64H62FIrN3O-2. The van der Waals surface area contributed by atoms with Crippen LogP contribution in [0.2, 0.25) is 0 Å². The van der Waals surface area contributed by atoms with Crippen LogP contribution >= 0.6 is 0 Å². The van der Waals surface area contributed by atoms with E-state index in [9.17, 15) is 4.39 Å². The summed E-state index contributed by atoms with van der Waals surface area (Å²) >= 11 is 0. The molecule has 0 aliphatic carbocycles. The second-order valence-electron chi connectivity index (χ2n) is 20.5. The summed E-state index contributed by atoms with van der Waals surface area (Å²) in [6, 6.07) is 55.9. The van der Waals surface area contributed by atoms with Crippen LogP contribution in [0.25, 0.3) is 83.6 Å². The van der Waals surface area contributed by atoms with E-state index < -0.39 is 23.6 Å². The van der Waals surface area contributed by atoms with Crippen LogP contribution in [0.15, 0.2) is 162 Å². The van der Waals surface area contributed by atoms with E-state index in [0.29, 0.717) is 22.4 Å². The van der Waals surface area contributed by atoms with Crippen molar-refractivity contribution in [3.05, 3.63) is 198 Å². The zero-order valence-corrected chi connectivity index (χ0v) is 44.0. The SMILES string of the molecule is [2H]C([2H])(c1ccc(-c2cc(C(C)C)c(-n3c(-c4[c-]ccc5c4oc4cc(-c6ccccc6)ccc45)nc4ccccc43)c(C(C)C)c2)cc1)C(C)(C)C.[2H]C([2H])(c1ccnc(-c2[c-]cc(F)cc2)c1)C(C)(C)C.[Ir]. The summed E-state index contributed by atoms with van der Waals surface area (Å²) in [5.74, 6) is 0.848. The molecule has 1 radical (unpaired) electrons. The van der Waals surface area contributed by atoms with Crippen LogP contribution < -0.4 is 0 Å². The molecule has 4 nitrogen and oxygen atoms in total. The molecule has 3 aromatic heterocycles. The third kappa shape index (κ3) is 10.9. The maximum atomic E-state index is 12.9. The van der Waals surface area contributed by atoms with Gasteiger partial charge >= 0.3 is 0 Å². The summed E-state index contributed by atoms with van der Waals surface area (Å²) in [5.41, 5.74) is 13.8. The average Bonchev–Trinajstić information content (AvgIpc) is 3.94. The van der Waals surface area contributed by atoms with Gasteiger partial charge in [-0.1, -0.05) is 171 Å². The van der Waals surface area contributed by atoms with E-state index in [-0.39, 0.29) is 37.8 Å². The molecule has 0 unspecified atom stereocenters. The van der Waals surface area contributed by atoms with Gasteiger partial charge in [-0.15, -0.1) is 48.0 Å². The molecule has 6 heteroatoms. The summed E-state index contributed by atoms with van der Waals surface area (Å²) in [4.78, 5) is 9.53. The monoisotopic (exact) mass is 1100 g/mol. The van der Waals surface area contributed by atoms with E-state index in [2.05, 4.69) is 140 Å². The summed E-state index contributed by atoms with van der Waals surface area (Å²) in [7, 11) is 0. The number of furan rings is 1. The first kappa shape index (κ1) is 44.7. The Labute approximate surface area is 433 Å². The van der Waals surface area contributed by atoms with Crippen LogP contribution in [-0.4, -0.2) is 14.5 Å². The van der Waals surface area contributed by atoms with Gasteiger partial charge in [-0.3, -0.25) is 9.37 Å². The molecule has 0 bridgehead atoms. The Morgan fingerprint density at radius 2 is 1.29 bits per heavy atom. The summed E-state index contributed by atoms with van der Waals surface area (Å²) in [5, 5.41) is 2.10. The minimum absolute atomic E-state index is 0. The van der Waals surface area contributed by atoms with E-state index >= 15 is 0 Å². The zero-order valence-electron chi connectivity index (χ0n) is 45.6. The predicted molar refractivity (Wildman–Crippen MR) is 286 cm³/mol. The molecule has 10 rings (SSSR count). The Kier molecular flexibility index (Phi) is 13.1. The topological polar surface area (TPSA) is 43.9 Å². The number of hydrogen-bond donors (Lipinski definition) is 0. The number of halogens is 1. The third-order valence-corrected chi connectivity index (χ3v) is 12.0. The van der Waals surface area contributed by atoms with Gasteiger partial charge in [-0.25, -0.2) is 0 Å². The van der Waals surface area contributed by atoms with E-state index in [1.165, 1.54) is 23.3 Å². The van der Waals surface area contributed by atoms with Crippen LogP contribution in [0.3, 0.4) is 0 Å². The van der Waals surface area contributed by atoms with E-state index in [1.54, 1.807) is 24.4 Å². The van der Waals surface area contributed by atoms with Gasteiger partial charge in [-0.05, 0) is 116 Å². The standard InChI is InChI=1S/C48H45N2O.C16H17FN.Ir/c1-30(2)40-26-36(34-22-20-32(21-23-34)29-48(5,6)7)27-41(31(3)4)45(40)50-43-19-12-11-18-42(43)49-47(50)39-17-13-16-38-37-25-24-35(28-44(37)51-46(38)39)33-14-9-8-10-15-33;1-16(2,3)11-12-8-9-18-15(10-12)13-4-6-14(17)7-5-13;/h8-16,18-28,30-31H,29H2,1-7H3;4,6-10H,11H2,1-3H3;/q2*-1;/i29D2;11D2;. The minimum Gasteiger partial charge on any atom is -0.501 e. The number of aromatic nitrogens is 3. The van der Waals surface area contributed by atoms with Gasteiger partial charge in [0.15, 0.2) is 0 Å². The number of nitrogens with zero attached hydrogens (tertiary/aromatic N) is 3. The van der Waals surface area contributed by atoms with Crippen molar-refractivity contribution in [3.63, 3.8) is 0 Å². The second kappa shape index (κ2) is 20.5. The fourth-order valence-corrected chi connectivity index (χ4v) is 8.96. The van der Waals surface area contributed by atoms with Crippen LogP contribution in [-0.2, 0) is 32.9 Å². The molecule has 0 aliphatic heterocycles. The summed E-state index contributed by atoms with van der Waals surface area (Å²) < 4.78 is 56.2. The number of fused-ring (bicyclic) bond motifs is 4. The number of hydrogen-bond acceptors (Lipinski definition) is 3. The molecule has 357 valence electrons. The molecule has 0 amide bonds. The molecule has 0 aliphatic rings. The summed E-state index contributed by atoms with van der Waals surface area (Å²) in [6.07, 6.45) is -1.36. The molecule has 7 aromatic carbocycles. The number of imidazole rings is 1. The van der Waals surface area contributed by atoms with Crippen molar-refractivity contribution in [3.8, 4) is 50.6 Å². The maximum Gasteiger partial charge on any atom is 0.121 e. The molecular weight excluding hydrogens is 1040 g/mol. The van der Waals surface area contributed by atoms with Crippen LogP contribution in [0.5, 0.6) is 0 Å². The minimum atomic E-state index is -1.48. The normalized spacial score (nSPS) is 13.2. The van der Waals surface area contributed by atoms with Crippen molar-refractivity contribution in [2.75, 3.05) is 0 Å². The Morgan fingerprint density at radius 3 is 1.94 bits per heavy atom. The third-order valence-electron chi connectivity index (χ3n) is 12.0. The fourth-order valence-electron chi connectivity index (χ4n) is 8.96. The van der Waals surface area contributed by atoms with Crippen molar-refractivity contribution >= 4 is 33.0 Å². The van der Waals surface area contributed by atoms with E-state index in [4.69, 9.17) is 14.9 Å². The van der Waals surface area contributed by atoms with E-state index in [0.717, 1.165) is 72.3 Å². The molecule has 70 heavy (non-hydrogen) atoms. The summed E-state index contributed by atoms with van der Waals surface area (Å²) in [6.45, 7) is 20.4. The maximum absolute atomic E-state index is 12.9. The number of rotatable bonds is 9. The van der Waals surface area contributed by atoms with Crippen molar-refractivity contribution < 1.29 is 34.4 Å². The number of benzene rings is 7. The molecule has 0 fully saturated rings. The van der Waals surface area contributed by atoms with Gasteiger partial charge in [0.25, 0.3) is 0 Å². The smallest absolute Gasteiger partial charge is 0.121 e. The molecule has 0 saturated carbocycles. The van der Waals surface area contributed by atoms with Crippen molar-refractivity contribution in [2.24, 2.45) is 10.8 Å². The Bertz CT molecular complexity index is 3580. The molecule has 10 aromatic rings. The quantitative estimate of drug-likeness (QED) is 0.135. The van der Waals surface area contributed by atoms with Gasteiger partial charge in [0.2, 0.25) is 0 Å². The fraction of sp³-hybridized carbons (Fsp3) is 0.250. The molecule has 0 N–H and O–H groups in total. The number of pyridine rings is 1. The predicted octanol–water partition coefficient (Wildman–Crippen LogP) is 17.8. The van der Waals surface area contributed by atoms with Crippen molar-refractivity contribution in [2.45, 2.75) is 93.8 Å². The van der Waals surface area contributed by atoms with Crippen LogP contribution in [0.1, 0.15) is 109 Å². The second-order valence-corrected chi connectivity index (χ2v) is 20.5. The van der Waals surface area contributed by atoms with Gasteiger partial charge in [0.05, 0.1) is 22.4 Å². The first-order valence-electron chi connectivity index (χ1n) is 25.9. The first-order valence-corrected chi connectivity index (χ1v) is 23.9. The molecule has 0 atom stereocenters. The van der Waals surface area contributed by atoms with Crippen molar-refractivity contribution in [1.29, 1.82) is 0 Å². The molecule has 0 spiro atoms.